The Bertz CT molecular complexity index is 554. The molecule has 0 atom stereocenters. The topological polar surface area (TPSA) is 63.1 Å². The molecular weight excluding hydrogens is 248 g/mol. The van der Waals surface area contributed by atoms with E-state index >= 15 is 0 Å². The second-order valence-corrected chi connectivity index (χ2v) is 4.75. The van der Waals surface area contributed by atoms with Crippen LogP contribution in [0, 0.1) is 6.92 Å². The molecule has 0 radical (unpaired) electrons. The van der Waals surface area contributed by atoms with Crippen molar-refractivity contribution >= 4 is 28.9 Å². The van der Waals surface area contributed by atoms with Crippen molar-refractivity contribution in [2.75, 3.05) is 0 Å². The SMILES string of the molecule is Cc1nc(C(=O)O)c(-c2cncc(Cl)c2)s1. The molecule has 0 aromatic carbocycles. The van der Waals surface area contributed by atoms with E-state index in [2.05, 4.69) is 9.97 Å². The lowest BCUT2D eigenvalue weighted by atomic mass is 10.2. The Hall–Kier alpha value is -1.46. The Morgan fingerprint density at radius 2 is 2.25 bits per heavy atom. The number of carbonyl (C=O) groups is 1. The van der Waals surface area contributed by atoms with Crippen molar-refractivity contribution in [1.29, 1.82) is 0 Å². The normalized spacial score (nSPS) is 10.4. The number of thiazole rings is 1. The average Bonchev–Trinajstić information content (AvgIpc) is 2.60. The summed E-state index contributed by atoms with van der Waals surface area (Å²) in [5.74, 6) is -1.04. The third-order valence-corrected chi connectivity index (χ3v) is 3.13. The predicted octanol–water partition coefficient (Wildman–Crippen LogP) is 2.87. The number of aryl methyl sites for hydroxylation is 1. The van der Waals surface area contributed by atoms with Crippen LogP contribution in [-0.2, 0) is 0 Å². The molecule has 6 heteroatoms. The molecule has 0 saturated heterocycles. The summed E-state index contributed by atoms with van der Waals surface area (Å²) in [6.45, 7) is 1.76. The van der Waals surface area contributed by atoms with E-state index in [0.717, 1.165) is 0 Å². The summed E-state index contributed by atoms with van der Waals surface area (Å²) in [5, 5.41) is 10.2. The molecule has 0 saturated carbocycles. The van der Waals surface area contributed by atoms with Crippen LogP contribution < -0.4 is 0 Å². The summed E-state index contributed by atoms with van der Waals surface area (Å²) in [7, 11) is 0. The van der Waals surface area contributed by atoms with E-state index in [9.17, 15) is 4.79 Å². The van der Waals surface area contributed by atoms with Crippen molar-refractivity contribution in [3.05, 3.63) is 34.2 Å². The Kier molecular flexibility index (Phi) is 2.89. The van der Waals surface area contributed by atoms with Crippen molar-refractivity contribution in [1.82, 2.24) is 9.97 Å². The molecular formula is C10H7ClN2O2S. The molecule has 1 N–H and O–H groups in total. The van der Waals surface area contributed by atoms with Crippen molar-refractivity contribution in [2.45, 2.75) is 6.92 Å². The van der Waals surface area contributed by atoms with E-state index in [0.29, 0.717) is 20.5 Å². The lowest BCUT2D eigenvalue weighted by molar-refractivity contribution is 0.0692. The second-order valence-electron chi connectivity index (χ2n) is 3.11. The summed E-state index contributed by atoms with van der Waals surface area (Å²) >= 11 is 7.12. The summed E-state index contributed by atoms with van der Waals surface area (Å²) in [6.07, 6.45) is 3.07. The highest BCUT2D eigenvalue weighted by atomic mass is 35.5. The van der Waals surface area contributed by atoms with Gasteiger partial charge in [-0.2, -0.15) is 0 Å². The Balaban J connectivity index is 2.59. The Morgan fingerprint density at radius 1 is 1.50 bits per heavy atom. The van der Waals surface area contributed by atoms with Gasteiger partial charge in [-0.3, -0.25) is 4.98 Å². The van der Waals surface area contributed by atoms with Gasteiger partial charge in [-0.05, 0) is 13.0 Å². The summed E-state index contributed by atoms with van der Waals surface area (Å²) in [6, 6.07) is 1.67. The number of rotatable bonds is 2. The smallest absolute Gasteiger partial charge is 0.356 e. The zero-order valence-electron chi connectivity index (χ0n) is 8.27. The molecule has 16 heavy (non-hydrogen) atoms. The van der Waals surface area contributed by atoms with Crippen molar-refractivity contribution in [2.24, 2.45) is 0 Å². The van der Waals surface area contributed by atoms with Crippen LogP contribution in [-0.4, -0.2) is 21.0 Å². The van der Waals surface area contributed by atoms with Gasteiger partial charge in [-0.25, -0.2) is 9.78 Å². The van der Waals surface area contributed by atoms with Gasteiger partial charge in [-0.1, -0.05) is 11.6 Å². The molecule has 0 unspecified atom stereocenters. The number of nitrogens with zero attached hydrogens (tertiary/aromatic N) is 2. The van der Waals surface area contributed by atoms with Crippen LogP contribution in [0.3, 0.4) is 0 Å². The zero-order valence-corrected chi connectivity index (χ0v) is 9.84. The van der Waals surface area contributed by atoms with Crippen LogP contribution in [0.4, 0.5) is 0 Å². The molecule has 0 bridgehead atoms. The van der Waals surface area contributed by atoms with Crippen LogP contribution >= 0.6 is 22.9 Å². The fraction of sp³-hybridized carbons (Fsp3) is 0.100. The van der Waals surface area contributed by atoms with Gasteiger partial charge in [0.05, 0.1) is 14.9 Å². The van der Waals surface area contributed by atoms with Crippen LogP contribution in [0.2, 0.25) is 5.02 Å². The largest absolute Gasteiger partial charge is 0.476 e. The monoisotopic (exact) mass is 254 g/mol. The molecule has 4 nitrogen and oxygen atoms in total. The van der Waals surface area contributed by atoms with Crippen LogP contribution in [0.25, 0.3) is 10.4 Å². The lowest BCUT2D eigenvalue weighted by Gasteiger charge is -1.98. The fourth-order valence-electron chi connectivity index (χ4n) is 1.30. The number of halogens is 1. The number of carboxylic acid groups (broad SMARTS) is 1. The molecule has 0 amide bonds. The van der Waals surface area contributed by atoms with E-state index in [1.807, 2.05) is 0 Å². The molecule has 82 valence electrons. The molecule has 0 aliphatic heterocycles. The fourth-order valence-corrected chi connectivity index (χ4v) is 2.37. The van der Waals surface area contributed by atoms with Crippen LogP contribution in [0.15, 0.2) is 18.5 Å². The molecule has 0 aliphatic carbocycles. The van der Waals surface area contributed by atoms with Gasteiger partial charge in [0.2, 0.25) is 0 Å². The van der Waals surface area contributed by atoms with E-state index in [-0.39, 0.29) is 5.69 Å². The van der Waals surface area contributed by atoms with Gasteiger partial charge < -0.3 is 5.11 Å². The summed E-state index contributed by atoms with van der Waals surface area (Å²) in [5.41, 5.74) is 0.724. The quantitative estimate of drug-likeness (QED) is 0.895. The first-order chi connectivity index (χ1) is 7.58. The highest BCUT2D eigenvalue weighted by Crippen LogP contribution is 2.30. The van der Waals surface area contributed by atoms with Gasteiger partial charge in [0.15, 0.2) is 5.69 Å². The van der Waals surface area contributed by atoms with Gasteiger partial charge in [0.1, 0.15) is 0 Å². The molecule has 2 aromatic rings. The van der Waals surface area contributed by atoms with Gasteiger partial charge in [-0.15, -0.1) is 11.3 Å². The standard InChI is InChI=1S/C10H7ClN2O2S/c1-5-13-8(10(14)15)9(16-5)6-2-7(11)4-12-3-6/h2-4H,1H3,(H,14,15). The van der Waals surface area contributed by atoms with Crippen LogP contribution in [0.5, 0.6) is 0 Å². The maximum Gasteiger partial charge on any atom is 0.356 e. The highest BCUT2D eigenvalue weighted by molar-refractivity contribution is 7.15. The van der Waals surface area contributed by atoms with E-state index in [4.69, 9.17) is 16.7 Å². The van der Waals surface area contributed by atoms with Gasteiger partial charge in [0.25, 0.3) is 0 Å². The average molecular weight is 255 g/mol. The Labute approximate surface area is 101 Å². The van der Waals surface area contributed by atoms with Crippen molar-refractivity contribution in [3.8, 4) is 10.4 Å². The Morgan fingerprint density at radius 3 is 2.88 bits per heavy atom. The van der Waals surface area contributed by atoms with E-state index < -0.39 is 5.97 Å². The summed E-state index contributed by atoms with van der Waals surface area (Å²) < 4.78 is 0. The molecule has 0 aliphatic rings. The molecule has 2 heterocycles. The molecule has 0 fully saturated rings. The number of hydrogen-bond acceptors (Lipinski definition) is 4. The summed E-state index contributed by atoms with van der Waals surface area (Å²) in [4.78, 5) is 19.5. The molecule has 2 aromatic heterocycles. The first-order valence-electron chi connectivity index (χ1n) is 4.39. The third-order valence-electron chi connectivity index (χ3n) is 1.90. The maximum atomic E-state index is 11.0. The first kappa shape index (κ1) is 11.0. The maximum absolute atomic E-state index is 11.0. The first-order valence-corrected chi connectivity index (χ1v) is 5.59. The number of carboxylic acids is 1. The minimum absolute atomic E-state index is 0.0477. The number of hydrogen-bond donors (Lipinski definition) is 1. The highest BCUT2D eigenvalue weighted by Gasteiger charge is 2.17. The van der Waals surface area contributed by atoms with Crippen molar-refractivity contribution in [3.63, 3.8) is 0 Å². The van der Waals surface area contributed by atoms with Crippen molar-refractivity contribution < 1.29 is 9.90 Å². The number of pyridine rings is 1. The minimum Gasteiger partial charge on any atom is -0.476 e. The van der Waals surface area contributed by atoms with Crippen LogP contribution in [0.1, 0.15) is 15.5 Å². The predicted molar refractivity (Wildman–Crippen MR) is 62.1 cm³/mol. The van der Waals surface area contributed by atoms with Gasteiger partial charge in [0, 0.05) is 18.0 Å². The molecule has 2 rings (SSSR count). The third kappa shape index (κ3) is 2.05. The van der Waals surface area contributed by atoms with E-state index in [1.165, 1.54) is 17.5 Å². The lowest BCUT2D eigenvalue weighted by Crippen LogP contribution is -1.98. The number of aromatic carboxylic acids is 1. The second kappa shape index (κ2) is 4.19. The van der Waals surface area contributed by atoms with Gasteiger partial charge >= 0.3 is 5.97 Å². The minimum atomic E-state index is -1.04. The molecule has 0 spiro atoms. The van der Waals surface area contributed by atoms with E-state index in [1.54, 1.807) is 19.2 Å². The number of aromatic nitrogens is 2. The zero-order chi connectivity index (χ0) is 11.7.